The van der Waals surface area contributed by atoms with Crippen LogP contribution in [0.15, 0.2) is 24.5 Å². The van der Waals surface area contributed by atoms with Crippen LogP contribution in [0.25, 0.3) is 20.9 Å². The van der Waals surface area contributed by atoms with Gasteiger partial charge in [-0.15, -0.1) is 11.3 Å². The third-order valence-corrected chi connectivity index (χ3v) is 3.62. The molecule has 0 spiro atoms. The van der Waals surface area contributed by atoms with Crippen LogP contribution >= 0.6 is 22.9 Å². The molecule has 0 fully saturated rings. The number of halogens is 1. The molecule has 4 nitrogen and oxygen atoms in total. The van der Waals surface area contributed by atoms with Gasteiger partial charge >= 0.3 is 0 Å². The van der Waals surface area contributed by atoms with E-state index in [-0.39, 0.29) is 0 Å². The Labute approximate surface area is 101 Å². The molecule has 0 atom stereocenters. The molecule has 0 N–H and O–H groups in total. The molecule has 0 aliphatic rings. The Balaban J connectivity index is 2.27. The molecule has 0 bridgehead atoms. The minimum Gasteiger partial charge on any atom is -0.266 e. The van der Waals surface area contributed by atoms with Gasteiger partial charge in [0.2, 0.25) is 0 Å². The van der Waals surface area contributed by atoms with Gasteiger partial charge in [-0.05, 0) is 12.1 Å². The quantitative estimate of drug-likeness (QED) is 0.624. The number of hydrogen-bond donors (Lipinski definition) is 0. The third-order valence-electron chi connectivity index (χ3n) is 2.30. The van der Waals surface area contributed by atoms with E-state index in [0.29, 0.717) is 5.15 Å². The maximum absolute atomic E-state index is 5.98. The summed E-state index contributed by atoms with van der Waals surface area (Å²) in [5.74, 6) is 0. The molecule has 3 aromatic heterocycles. The summed E-state index contributed by atoms with van der Waals surface area (Å²) in [7, 11) is 1.89. The Morgan fingerprint density at radius 3 is 2.88 bits per heavy atom. The first-order valence-corrected chi connectivity index (χ1v) is 5.84. The SMILES string of the molecule is Cn1nccc1-c1nc2c(Cl)nccc2s1. The lowest BCUT2D eigenvalue weighted by Gasteiger charge is -1.94. The molecular formula is C10H7ClN4S. The summed E-state index contributed by atoms with van der Waals surface area (Å²) < 4.78 is 2.83. The largest absolute Gasteiger partial charge is 0.266 e. The van der Waals surface area contributed by atoms with Crippen molar-refractivity contribution in [2.24, 2.45) is 7.05 Å². The molecule has 3 rings (SSSR count). The standard InChI is InChI=1S/C10H7ClN4S/c1-15-6(2-5-13-15)10-14-8-7(16-10)3-4-12-9(8)11/h2-5H,1H3. The zero-order chi connectivity index (χ0) is 11.1. The summed E-state index contributed by atoms with van der Waals surface area (Å²) in [6, 6.07) is 3.85. The van der Waals surface area contributed by atoms with Crippen molar-refractivity contribution in [3.8, 4) is 10.7 Å². The maximum atomic E-state index is 5.98. The predicted octanol–water partition coefficient (Wildman–Crippen LogP) is 2.75. The molecule has 80 valence electrons. The molecule has 0 radical (unpaired) electrons. The molecule has 16 heavy (non-hydrogen) atoms. The highest BCUT2D eigenvalue weighted by Crippen LogP contribution is 2.31. The van der Waals surface area contributed by atoms with Gasteiger partial charge in [0.1, 0.15) is 10.5 Å². The second-order valence-electron chi connectivity index (χ2n) is 3.31. The lowest BCUT2D eigenvalue weighted by Crippen LogP contribution is -1.92. The highest BCUT2D eigenvalue weighted by molar-refractivity contribution is 7.21. The van der Waals surface area contributed by atoms with Crippen LogP contribution in [0.4, 0.5) is 0 Å². The van der Waals surface area contributed by atoms with E-state index in [1.165, 1.54) is 0 Å². The lowest BCUT2D eigenvalue weighted by atomic mass is 10.4. The van der Waals surface area contributed by atoms with Crippen LogP contribution < -0.4 is 0 Å². The summed E-state index contributed by atoms with van der Waals surface area (Å²) in [6.07, 6.45) is 3.44. The molecule has 0 aliphatic carbocycles. The number of nitrogens with zero attached hydrogens (tertiary/aromatic N) is 4. The Bertz CT molecular complexity index is 658. The van der Waals surface area contributed by atoms with Crippen molar-refractivity contribution >= 4 is 33.2 Å². The van der Waals surface area contributed by atoms with Crippen molar-refractivity contribution in [3.63, 3.8) is 0 Å². The van der Waals surface area contributed by atoms with Gasteiger partial charge in [-0.25, -0.2) is 9.97 Å². The zero-order valence-electron chi connectivity index (χ0n) is 8.38. The molecule has 3 aromatic rings. The van der Waals surface area contributed by atoms with Crippen LogP contribution in [0.3, 0.4) is 0 Å². The van der Waals surface area contributed by atoms with Crippen molar-refractivity contribution in [2.45, 2.75) is 0 Å². The van der Waals surface area contributed by atoms with Crippen LogP contribution in [0, 0.1) is 0 Å². The zero-order valence-corrected chi connectivity index (χ0v) is 9.96. The molecule has 6 heteroatoms. The van der Waals surface area contributed by atoms with Crippen molar-refractivity contribution < 1.29 is 0 Å². The van der Waals surface area contributed by atoms with E-state index in [2.05, 4.69) is 15.1 Å². The Morgan fingerprint density at radius 1 is 1.31 bits per heavy atom. The Kier molecular flexibility index (Phi) is 2.15. The van der Waals surface area contributed by atoms with Crippen LogP contribution in [0.2, 0.25) is 5.15 Å². The van der Waals surface area contributed by atoms with Gasteiger partial charge in [0.05, 0.1) is 10.4 Å². The number of aromatic nitrogens is 4. The van der Waals surface area contributed by atoms with E-state index in [1.54, 1.807) is 28.4 Å². The van der Waals surface area contributed by atoms with Crippen LogP contribution in [-0.4, -0.2) is 19.7 Å². The summed E-state index contributed by atoms with van der Waals surface area (Å²) in [5.41, 5.74) is 1.74. The third kappa shape index (κ3) is 1.40. The van der Waals surface area contributed by atoms with E-state index in [0.717, 1.165) is 20.9 Å². The van der Waals surface area contributed by atoms with Gasteiger partial charge in [-0.1, -0.05) is 11.6 Å². The van der Waals surface area contributed by atoms with Gasteiger partial charge < -0.3 is 0 Å². The number of thiazole rings is 1. The minimum atomic E-state index is 0.446. The molecule has 0 saturated carbocycles. The highest BCUT2D eigenvalue weighted by Gasteiger charge is 2.11. The van der Waals surface area contributed by atoms with Crippen LogP contribution in [0.5, 0.6) is 0 Å². The fraction of sp³-hybridized carbons (Fsp3) is 0.100. The number of hydrogen-bond acceptors (Lipinski definition) is 4. The van der Waals surface area contributed by atoms with Crippen LogP contribution in [0.1, 0.15) is 0 Å². The van der Waals surface area contributed by atoms with Crippen molar-refractivity contribution in [1.29, 1.82) is 0 Å². The van der Waals surface area contributed by atoms with Crippen molar-refractivity contribution in [3.05, 3.63) is 29.7 Å². The first-order valence-electron chi connectivity index (χ1n) is 4.65. The first kappa shape index (κ1) is 9.74. The molecule has 0 amide bonds. The molecule has 0 saturated heterocycles. The monoisotopic (exact) mass is 250 g/mol. The van der Waals surface area contributed by atoms with Crippen molar-refractivity contribution in [2.75, 3.05) is 0 Å². The highest BCUT2D eigenvalue weighted by atomic mass is 35.5. The molecule has 0 aliphatic heterocycles. The molecule has 0 unspecified atom stereocenters. The number of fused-ring (bicyclic) bond motifs is 1. The van der Waals surface area contributed by atoms with E-state index >= 15 is 0 Å². The number of rotatable bonds is 1. The van der Waals surface area contributed by atoms with Gasteiger partial charge in [-0.3, -0.25) is 4.68 Å². The summed E-state index contributed by atoms with van der Waals surface area (Å²) in [5, 5.41) is 5.47. The van der Waals surface area contributed by atoms with Gasteiger partial charge in [0.25, 0.3) is 0 Å². The lowest BCUT2D eigenvalue weighted by molar-refractivity contribution is 0.775. The molecule has 3 heterocycles. The summed E-state index contributed by atoms with van der Waals surface area (Å²) in [6.45, 7) is 0. The molecule has 0 aromatic carbocycles. The van der Waals surface area contributed by atoms with E-state index in [9.17, 15) is 0 Å². The fourth-order valence-corrected chi connectivity index (χ4v) is 2.79. The first-order chi connectivity index (χ1) is 7.75. The molecular weight excluding hydrogens is 244 g/mol. The van der Waals surface area contributed by atoms with Crippen molar-refractivity contribution in [1.82, 2.24) is 19.7 Å². The van der Waals surface area contributed by atoms with Crippen LogP contribution in [-0.2, 0) is 7.05 Å². The van der Waals surface area contributed by atoms with E-state index in [1.807, 2.05) is 19.2 Å². The average Bonchev–Trinajstić information content (AvgIpc) is 2.84. The van der Waals surface area contributed by atoms with Gasteiger partial charge in [0.15, 0.2) is 5.15 Å². The normalized spacial score (nSPS) is 11.1. The summed E-state index contributed by atoms with van der Waals surface area (Å²) >= 11 is 7.57. The predicted molar refractivity (Wildman–Crippen MR) is 64.6 cm³/mol. The second kappa shape index (κ2) is 3.54. The average molecular weight is 251 g/mol. The van der Waals surface area contributed by atoms with E-state index in [4.69, 9.17) is 11.6 Å². The van der Waals surface area contributed by atoms with Gasteiger partial charge in [0, 0.05) is 19.4 Å². The summed E-state index contributed by atoms with van der Waals surface area (Å²) in [4.78, 5) is 8.49. The Hall–Kier alpha value is -1.46. The second-order valence-corrected chi connectivity index (χ2v) is 4.70. The van der Waals surface area contributed by atoms with E-state index < -0.39 is 0 Å². The minimum absolute atomic E-state index is 0.446. The Morgan fingerprint density at radius 2 is 2.19 bits per heavy atom. The topological polar surface area (TPSA) is 43.6 Å². The number of aryl methyl sites for hydroxylation is 1. The fourth-order valence-electron chi connectivity index (χ4n) is 1.52. The number of pyridine rings is 1. The smallest absolute Gasteiger partial charge is 0.156 e. The maximum Gasteiger partial charge on any atom is 0.156 e. The van der Waals surface area contributed by atoms with Gasteiger partial charge in [-0.2, -0.15) is 5.10 Å².